The van der Waals surface area contributed by atoms with Crippen LogP contribution in [0.3, 0.4) is 0 Å². The van der Waals surface area contributed by atoms with Gasteiger partial charge >= 0.3 is 18.4 Å². The van der Waals surface area contributed by atoms with Crippen molar-refractivity contribution >= 4 is 12.0 Å². The van der Waals surface area contributed by atoms with Crippen LogP contribution < -0.4 is 21.7 Å². The molecule has 1 aromatic rings. The van der Waals surface area contributed by atoms with Crippen molar-refractivity contribution in [3.8, 4) is 0 Å². The Morgan fingerprint density at radius 1 is 0.946 bits per heavy atom. The van der Waals surface area contributed by atoms with E-state index in [-0.39, 0.29) is 35.8 Å². The molecule has 4 N–H and O–H groups in total. The number of hydrazine groups is 2. The molecule has 3 unspecified atom stereocenters. The molecule has 203 valence electrons. The minimum absolute atomic E-state index is 0.000188. The topological polar surface area (TPSA) is 94.7 Å². The molecule has 4 fully saturated rings. The Kier molecular flexibility index (Phi) is 6.77. The van der Waals surface area contributed by atoms with Crippen LogP contribution in [0.4, 0.5) is 31.1 Å². The largest absolute Gasteiger partial charge is 0.445 e. The maximum absolute atomic E-state index is 13.0. The number of hydrogen-bond donors (Lipinski definition) is 4. The van der Waals surface area contributed by atoms with E-state index in [1.165, 1.54) is 4.90 Å². The average molecular weight is 534 g/mol. The number of carbonyl (C=O) groups is 2. The Bertz CT molecular complexity index is 1010. The first kappa shape index (κ1) is 26.0. The second-order valence-corrected chi connectivity index (χ2v) is 10.0. The van der Waals surface area contributed by atoms with Crippen LogP contribution >= 0.6 is 0 Å². The summed E-state index contributed by atoms with van der Waals surface area (Å²) < 4.78 is 83.1. The molecule has 5 rings (SSSR count). The van der Waals surface area contributed by atoms with Gasteiger partial charge < -0.3 is 15.0 Å². The zero-order chi connectivity index (χ0) is 26.5. The average Bonchev–Trinajstić information content (AvgIpc) is 3.19. The van der Waals surface area contributed by atoms with Gasteiger partial charge in [-0.3, -0.25) is 4.79 Å². The fraction of sp³-hybridized carbons (Fsp3) is 0.609. The second kappa shape index (κ2) is 9.62. The van der Waals surface area contributed by atoms with Crippen molar-refractivity contribution in [3.05, 3.63) is 40.8 Å². The Morgan fingerprint density at radius 3 is 2.19 bits per heavy atom. The van der Waals surface area contributed by atoms with Crippen LogP contribution in [0.1, 0.15) is 36.0 Å². The van der Waals surface area contributed by atoms with Crippen LogP contribution in [0.25, 0.3) is 0 Å². The third-order valence-corrected chi connectivity index (χ3v) is 7.63. The summed E-state index contributed by atoms with van der Waals surface area (Å²) in [7, 11) is 0. The lowest BCUT2D eigenvalue weighted by Gasteiger charge is -2.29. The number of alkyl halides is 6. The molecule has 0 aromatic heterocycles. The minimum atomic E-state index is -4.97. The highest BCUT2D eigenvalue weighted by Gasteiger charge is 2.57. The van der Waals surface area contributed by atoms with Gasteiger partial charge in [0.1, 0.15) is 6.61 Å². The van der Waals surface area contributed by atoms with E-state index in [0.29, 0.717) is 37.8 Å². The molecule has 2 saturated carbocycles. The number of benzene rings is 1. The molecular formula is C23H26F6N5O3. The summed E-state index contributed by atoms with van der Waals surface area (Å²) in [5, 5.41) is 2.99. The van der Waals surface area contributed by atoms with Gasteiger partial charge in [0.25, 0.3) is 0 Å². The summed E-state index contributed by atoms with van der Waals surface area (Å²) in [5.41, 5.74) is 5.81. The third kappa shape index (κ3) is 5.65. The monoisotopic (exact) mass is 534 g/mol. The van der Waals surface area contributed by atoms with E-state index in [4.69, 9.17) is 4.74 Å². The van der Waals surface area contributed by atoms with Gasteiger partial charge in [0.05, 0.1) is 11.1 Å². The van der Waals surface area contributed by atoms with E-state index >= 15 is 0 Å². The van der Waals surface area contributed by atoms with Gasteiger partial charge in [-0.2, -0.15) is 31.9 Å². The molecule has 2 aliphatic carbocycles. The third-order valence-electron chi connectivity index (χ3n) is 7.63. The number of halogens is 6. The van der Waals surface area contributed by atoms with Gasteiger partial charge in [0.15, 0.2) is 0 Å². The fourth-order valence-corrected chi connectivity index (χ4v) is 5.54. The predicted molar refractivity (Wildman–Crippen MR) is 116 cm³/mol. The van der Waals surface area contributed by atoms with Gasteiger partial charge in [-0.05, 0) is 54.9 Å². The first-order chi connectivity index (χ1) is 17.4. The van der Waals surface area contributed by atoms with E-state index < -0.39 is 41.7 Å². The number of amides is 2. The molecule has 14 heteroatoms. The predicted octanol–water partition coefficient (Wildman–Crippen LogP) is 2.76. The number of piperidine rings is 1. The van der Waals surface area contributed by atoms with Crippen molar-refractivity contribution < 1.29 is 40.7 Å². The Labute approximate surface area is 208 Å². The molecular weight excluding hydrogens is 508 g/mol. The number of nitrogens with zero attached hydrogens (tertiary/aromatic N) is 1. The molecule has 5 atom stereocenters. The number of carbonyl (C=O) groups excluding carboxylic acids is 2. The molecule has 1 aromatic carbocycles. The zero-order valence-corrected chi connectivity index (χ0v) is 19.5. The van der Waals surface area contributed by atoms with Crippen molar-refractivity contribution in [3.63, 3.8) is 0 Å². The van der Waals surface area contributed by atoms with Gasteiger partial charge in [-0.15, -0.1) is 0 Å². The molecule has 0 spiro atoms. The van der Waals surface area contributed by atoms with Crippen LogP contribution in [0.5, 0.6) is 0 Å². The second-order valence-electron chi connectivity index (χ2n) is 10.0. The first-order valence-electron chi connectivity index (χ1n) is 12.0. The molecule has 1 radical (unpaired) electrons. The van der Waals surface area contributed by atoms with E-state index in [9.17, 15) is 35.9 Å². The van der Waals surface area contributed by atoms with Crippen LogP contribution in [0, 0.1) is 23.7 Å². The number of rotatable bonds is 5. The quantitative estimate of drug-likeness (QED) is 0.435. The minimum Gasteiger partial charge on any atom is -0.445 e. The molecule has 2 aliphatic heterocycles. The molecule has 37 heavy (non-hydrogen) atoms. The Morgan fingerprint density at radius 2 is 1.57 bits per heavy atom. The maximum Gasteiger partial charge on any atom is 0.416 e. The van der Waals surface area contributed by atoms with Crippen LogP contribution in [-0.2, 0) is 28.5 Å². The summed E-state index contributed by atoms with van der Waals surface area (Å²) in [6.45, 7) is 0.378. The van der Waals surface area contributed by atoms with Gasteiger partial charge in [-0.1, -0.05) is 0 Å². The lowest BCUT2D eigenvalue weighted by Crippen LogP contribution is -2.44. The smallest absolute Gasteiger partial charge is 0.416 e. The normalized spacial score (nSPS) is 29.6. The summed E-state index contributed by atoms with van der Waals surface area (Å²) >= 11 is 0. The highest BCUT2D eigenvalue weighted by molar-refractivity contribution is 5.79. The van der Waals surface area contributed by atoms with Gasteiger partial charge in [0, 0.05) is 43.6 Å². The summed E-state index contributed by atoms with van der Waals surface area (Å²) in [6, 6.07) is 1.63. The summed E-state index contributed by atoms with van der Waals surface area (Å²) in [5.74, 6) is 1.24. The van der Waals surface area contributed by atoms with E-state index in [1.54, 1.807) is 0 Å². The Hall–Kier alpha value is -2.58. The fourth-order valence-electron chi connectivity index (χ4n) is 5.54. The van der Waals surface area contributed by atoms with Gasteiger partial charge in [-0.25, -0.2) is 15.6 Å². The van der Waals surface area contributed by atoms with Crippen molar-refractivity contribution in [1.29, 1.82) is 0 Å². The van der Waals surface area contributed by atoms with Gasteiger partial charge in [0.2, 0.25) is 5.91 Å². The maximum atomic E-state index is 13.0. The number of fused-ring (bicyclic) bond motifs is 2. The highest BCUT2D eigenvalue weighted by Crippen LogP contribution is 2.53. The molecule has 0 bridgehead atoms. The number of nitrogens with one attached hydrogen (secondary N) is 4. The molecule has 2 heterocycles. The van der Waals surface area contributed by atoms with Crippen molar-refractivity contribution in [1.82, 2.24) is 26.6 Å². The van der Waals surface area contributed by atoms with E-state index in [0.717, 1.165) is 25.2 Å². The number of hydrogen-bond acceptors (Lipinski definition) is 6. The summed E-state index contributed by atoms with van der Waals surface area (Å²) in [4.78, 5) is 26.3. The van der Waals surface area contributed by atoms with Crippen LogP contribution in [0.15, 0.2) is 18.2 Å². The zero-order valence-electron chi connectivity index (χ0n) is 19.5. The van der Waals surface area contributed by atoms with Crippen LogP contribution in [-0.4, -0.2) is 48.6 Å². The van der Waals surface area contributed by atoms with Crippen molar-refractivity contribution in [2.24, 2.45) is 17.8 Å². The molecule has 8 nitrogen and oxygen atoms in total. The highest BCUT2D eigenvalue weighted by atomic mass is 19.4. The number of likely N-dealkylation sites (tertiary alicyclic amines) is 1. The van der Waals surface area contributed by atoms with E-state index in [2.05, 4.69) is 21.7 Å². The van der Waals surface area contributed by atoms with Crippen molar-refractivity contribution in [2.75, 3.05) is 19.6 Å². The standard InChI is InChI=1S/C23H26F6N5O3/c24-22(25,26)13-3-11(4-14(6-13)23(27,28)29)10-37-21(36)34-8-16-15(17(16)9-34)7-30-20(35)12-1-2-18-19(5-12)32-33-31-18/h3-4,6,12,16-19,31-33H,1-2,5,7-10H2,(H,30,35)/t12?,16-,17+,18?,19?. The SMILES string of the molecule is O=C(NC[C]1[C@H]2CN(C(=O)OCc3cc(C(F)(F)F)cc(C(F)(F)F)c3)C[C@@H]12)C1CCC2NNNC2C1. The lowest BCUT2D eigenvalue weighted by atomic mass is 9.82. The molecule has 4 aliphatic rings. The summed E-state index contributed by atoms with van der Waals surface area (Å²) in [6.07, 6.45) is -8.33. The molecule has 2 saturated heterocycles. The van der Waals surface area contributed by atoms with Crippen LogP contribution in [0.2, 0.25) is 0 Å². The van der Waals surface area contributed by atoms with Crippen molar-refractivity contribution in [2.45, 2.75) is 50.3 Å². The number of ether oxygens (including phenoxy) is 1. The Balaban J connectivity index is 1.07. The van der Waals surface area contributed by atoms with E-state index in [1.807, 2.05) is 0 Å². The first-order valence-corrected chi connectivity index (χ1v) is 12.0. The lowest BCUT2D eigenvalue weighted by molar-refractivity contribution is -0.143. The molecule has 2 amide bonds.